The third-order valence-electron chi connectivity index (χ3n) is 14.0. The smallest absolute Gasteiger partial charge is 0.305 e. The van der Waals surface area contributed by atoms with Crippen molar-refractivity contribution in [1.29, 1.82) is 0 Å². The highest BCUT2D eigenvalue weighted by Crippen LogP contribution is 2.17. The van der Waals surface area contributed by atoms with E-state index in [1.165, 1.54) is 250 Å². The number of aliphatic hydroxyl groups excluding tert-OH is 2. The Bertz CT molecular complexity index is 1040. The molecule has 0 aliphatic carbocycles. The summed E-state index contributed by atoms with van der Waals surface area (Å²) in [5.74, 6) is -0.0407. The Hall–Kier alpha value is -1.66. The second-order valence-electron chi connectivity index (χ2n) is 20.7. The lowest BCUT2D eigenvalue weighted by atomic mass is 10.0. The van der Waals surface area contributed by atoms with Crippen molar-refractivity contribution in [2.24, 2.45) is 0 Å². The summed E-state index contributed by atoms with van der Waals surface area (Å²) in [5, 5.41) is 23.2. The van der Waals surface area contributed by atoms with Crippen molar-refractivity contribution >= 4 is 11.9 Å². The summed E-state index contributed by atoms with van der Waals surface area (Å²) < 4.78 is 5.49. The van der Waals surface area contributed by atoms with Gasteiger partial charge in [-0.2, -0.15) is 0 Å². The number of carbonyl (C=O) groups is 2. The van der Waals surface area contributed by atoms with Gasteiger partial charge in [-0.3, -0.25) is 9.59 Å². The predicted molar refractivity (Wildman–Crippen MR) is 292 cm³/mol. The molecule has 2 unspecified atom stereocenters. The molecule has 0 aromatic rings. The predicted octanol–water partition coefficient (Wildman–Crippen LogP) is 18.6. The van der Waals surface area contributed by atoms with Gasteiger partial charge in [-0.15, -0.1) is 0 Å². The molecule has 0 fully saturated rings. The number of hydrogen-bond acceptors (Lipinski definition) is 5. The van der Waals surface area contributed by atoms with Crippen molar-refractivity contribution in [1.82, 2.24) is 5.32 Å². The molecule has 6 nitrogen and oxygen atoms in total. The Morgan fingerprint density at radius 1 is 0.403 bits per heavy atom. The number of aliphatic hydroxyl groups is 2. The van der Waals surface area contributed by atoms with Gasteiger partial charge in [-0.25, -0.2) is 0 Å². The Balaban J connectivity index is 3.40. The number of ether oxygens (including phenoxy) is 1. The van der Waals surface area contributed by atoms with Crippen LogP contribution in [0.15, 0.2) is 24.3 Å². The van der Waals surface area contributed by atoms with Crippen LogP contribution in [0.3, 0.4) is 0 Å². The van der Waals surface area contributed by atoms with Gasteiger partial charge in [0.15, 0.2) is 0 Å². The highest BCUT2D eigenvalue weighted by Gasteiger charge is 2.20. The first-order chi connectivity index (χ1) is 33.0. The van der Waals surface area contributed by atoms with E-state index in [0.717, 1.165) is 44.9 Å². The number of carbonyl (C=O) groups excluding carboxylic acids is 2. The monoisotopic (exact) mass is 944 g/mol. The lowest BCUT2D eigenvalue weighted by Gasteiger charge is -2.22. The molecule has 0 heterocycles. The Morgan fingerprint density at radius 2 is 0.701 bits per heavy atom. The van der Waals surface area contributed by atoms with E-state index < -0.39 is 12.1 Å². The number of esters is 1. The van der Waals surface area contributed by atoms with Gasteiger partial charge in [0.25, 0.3) is 0 Å². The fraction of sp³-hybridized carbons (Fsp3) is 0.902. The Morgan fingerprint density at radius 3 is 1.06 bits per heavy atom. The average molecular weight is 945 g/mol. The highest BCUT2D eigenvalue weighted by atomic mass is 16.5. The van der Waals surface area contributed by atoms with Crippen LogP contribution < -0.4 is 5.32 Å². The summed E-state index contributed by atoms with van der Waals surface area (Å²) in [6.07, 6.45) is 68.9. The topological polar surface area (TPSA) is 95.9 Å². The molecular weight excluding hydrogens is 827 g/mol. The van der Waals surface area contributed by atoms with Crippen molar-refractivity contribution < 1.29 is 24.5 Å². The fourth-order valence-electron chi connectivity index (χ4n) is 9.34. The third-order valence-corrected chi connectivity index (χ3v) is 14.0. The van der Waals surface area contributed by atoms with E-state index in [1.807, 2.05) is 0 Å². The van der Waals surface area contributed by atoms with Crippen LogP contribution in [0.25, 0.3) is 0 Å². The maximum Gasteiger partial charge on any atom is 0.305 e. The summed E-state index contributed by atoms with van der Waals surface area (Å²) in [5.41, 5.74) is 0. The van der Waals surface area contributed by atoms with Crippen molar-refractivity contribution in [3.8, 4) is 0 Å². The first-order valence-electron chi connectivity index (χ1n) is 30.1. The number of hydrogen-bond donors (Lipinski definition) is 3. The van der Waals surface area contributed by atoms with Crippen LogP contribution in [0.1, 0.15) is 328 Å². The van der Waals surface area contributed by atoms with Crippen molar-refractivity contribution in [2.45, 2.75) is 341 Å². The maximum absolute atomic E-state index is 12.4. The lowest BCUT2D eigenvalue weighted by Crippen LogP contribution is -2.45. The van der Waals surface area contributed by atoms with Crippen LogP contribution in [0.4, 0.5) is 0 Å². The number of rotatable bonds is 56. The number of unbranched alkanes of at least 4 members (excludes halogenated alkanes) is 41. The van der Waals surface area contributed by atoms with E-state index in [4.69, 9.17) is 4.74 Å². The second-order valence-corrected chi connectivity index (χ2v) is 20.7. The zero-order valence-electron chi connectivity index (χ0n) is 45.1. The van der Waals surface area contributed by atoms with E-state index in [0.29, 0.717) is 25.9 Å². The third kappa shape index (κ3) is 53.5. The van der Waals surface area contributed by atoms with Gasteiger partial charge in [-0.1, -0.05) is 263 Å². The van der Waals surface area contributed by atoms with Crippen LogP contribution in [0.2, 0.25) is 0 Å². The Labute approximate surface area is 418 Å². The SMILES string of the molecule is CCCCCCCC/C=C\CCCCCCCCCCCC(=O)OCCCCCCCCCC/C=C\CCCCCCCCCC(=O)NC(CO)C(O)CCCCCCCCCCCCCC. The molecule has 0 aromatic carbocycles. The molecule has 6 heteroatoms. The van der Waals surface area contributed by atoms with Gasteiger partial charge in [0.1, 0.15) is 0 Å². The van der Waals surface area contributed by atoms with E-state index in [-0.39, 0.29) is 18.5 Å². The summed E-state index contributed by atoms with van der Waals surface area (Å²) in [6, 6.07) is -0.547. The summed E-state index contributed by atoms with van der Waals surface area (Å²) >= 11 is 0. The normalized spacial score (nSPS) is 12.7. The van der Waals surface area contributed by atoms with Crippen LogP contribution in [0, 0.1) is 0 Å². The maximum atomic E-state index is 12.4. The average Bonchev–Trinajstić information content (AvgIpc) is 3.33. The molecule has 0 aliphatic heterocycles. The molecule has 0 bridgehead atoms. The summed E-state index contributed by atoms with van der Waals surface area (Å²) in [6.45, 7) is 4.94. The van der Waals surface area contributed by atoms with E-state index >= 15 is 0 Å². The van der Waals surface area contributed by atoms with Crippen molar-refractivity contribution in [3.05, 3.63) is 24.3 Å². The first kappa shape index (κ1) is 65.3. The number of nitrogens with one attached hydrogen (secondary N) is 1. The van der Waals surface area contributed by atoms with Crippen LogP contribution in [-0.4, -0.2) is 47.4 Å². The summed E-state index contributed by atoms with van der Waals surface area (Å²) in [7, 11) is 0. The van der Waals surface area contributed by atoms with Gasteiger partial charge < -0.3 is 20.3 Å². The quantitative estimate of drug-likeness (QED) is 0.0321. The lowest BCUT2D eigenvalue weighted by molar-refractivity contribution is -0.143. The van der Waals surface area contributed by atoms with E-state index in [2.05, 4.69) is 43.5 Å². The minimum absolute atomic E-state index is 0.00377. The first-order valence-corrected chi connectivity index (χ1v) is 30.1. The molecule has 0 aromatic heterocycles. The Kier molecular flexibility index (Phi) is 55.5. The largest absolute Gasteiger partial charge is 0.466 e. The molecule has 0 saturated heterocycles. The molecule has 0 aliphatic rings. The molecule has 0 saturated carbocycles. The minimum atomic E-state index is -0.669. The zero-order valence-corrected chi connectivity index (χ0v) is 45.1. The van der Waals surface area contributed by atoms with E-state index in [9.17, 15) is 19.8 Å². The molecule has 396 valence electrons. The zero-order chi connectivity index (χ0) is 48.6. The molecule has 0 rings (SSSR count). The number of allylic oxidation sites excluding steroid dienone is 4. The molecule has 0 radical (unpaired) electrons. The van der Waals surface area contributed by atoms with E-state index in [1.54, 1.807) is 0 Å². The van der Waals surface area contributed by atoms with Gasteiger partial charge >= 0.3 is 5.97 Å². The molecular formula is C61H117NO5. The summed E-state index contributed by atoms with van der Waals surface area (Å²) in [4.78, 5) is 24.5. The van der Waals surface area contributed by atoms with Crippen LogP contribution >= 0.6 is 0 Å². The van der Waals surface area contributed by atoms with Crippen LogP contribution in [-0.2, 0) is 14.3 Å². The molecule has 2 atom stereocenters. The van der Waals surface area contributed by atoms with Crippen LogP contribution in [0.5, 0.6) is 0 Å². The highest BCUT2D eigenvalue weighted by molar-refractivity contribution is 5.76. The van der Waals surface area contributed by atoms with Crippen molar-refractivity contribution in [3.63, 3.8) is 0 Å². The molecule has 3 N–H and O–H groups in total. The van der Waals surface area contributed by atoms with Gasteiger partial charge in [-0.05, 0) is 77.0 Å². The molecule has 67 heavy (non-hydrogen) atoms. The molecule has 0 spiro atoms. The molecule has 1 amide bonds. The van der Waals surface area contributed by atoms with Crippen molar-refractivity contribution in [2.75, 3.05) is 13.2 Å². The minimum Gasteiger partial charge on any atom is -0.466 e. The number of amides is 1. The fourth-order valence-corrected chi connectivity index (χ4v) is 9.34. The van der Waals surface area contributed by atoms with Gasteiger partial charge in [0.2, 0.25) is 5.91 Å². The second kappa shape index (κ2) is 56.9. The standard InChI is InChI=1S/C61H117NO5/c1-3-5-7-9-11-13-15-17-18-19-21-25-28-31-35-39-43-47-51-55-61(66)67-56-52-48-44-40-36-32-29-26-23-20-22-24-27-30-34-38-42-46-50-54-60(65)62-58(57-63)59(64)53-49-45-41-37-33-16-14-12-10-8-6-4-2/h17-18,20,22,58-59,63-64H,3-16,19,21,23-57H2,1-2H3,(H,62,65)/b18-17-,22-20-. The van der Waals surface area contributed by atoms with Gasteiger partial charge in [0.05, 0.1) is 25.4 Å². The van der Waals surface area contributed by atoms with Gasteiger partial charge in [0, 0.05) is 12.8 Å².